The van der Waals surface area contributed by atoms with Gasteiger partial charge in [0.25, 0.3) is 0 Å². The van der Waals surface area contributed by atoms with E-state index in [1.165, 1.54) is 12.0 Å². The second kappa shape index (κ2) is 6.12. The lowest BCUT2D eigenvalue weighted by Crippen LogP contribution is -2.43. The lowest BCUT2D eigenvalue weighted by molar-refractivity contribution is -0.144. The third kappa shape index (κ3) is 2.53. The van der Waals surface area contributed by atoms with Crippen molar-refractivity contribution in [1.82, 2.24) is 5.48 Å². The van der Waals surface area contributed by atoms with Crippen LogP contribution in [0.4, 0.5) is 5.69 Å². The van der Waals surface area contributed by atoms with Crippen LogP contribution in [0.25, 0.3) is 0 Å². The molecule has 0 bridgehead atoms. The Morgan fingerprint density at radius 1 is 1.13 bits per heavy atom. The SMILES string of the molecule is CONC(=O)[C@@H]1CC[C@H](C)[C@@H]2C(=O)N(c3ccccc3)C(=O)[C@@H]21. The highest BCUT2D eigenvalue weighted by molar-refractivity contribution is 6.23. The third-order valence-corrected chi connectivity index (χ3v) is 4.93. The van der Waals surface area contributed by atoms with Crippen LogP contribution in [0.3, 0.4) is 0 Å². The van der Waals surface area contributed by atoms with E-state index in [1.807, 2.05) is 13.0 Å². The Bertz CT molecular complexity index is 631. The molecule has 1 aliphatic heterocycles. The molecule has 6 heteroatoms. The van der Waals surface area contributed by atoms with Crippen LogP contribution >= 0.6 is 0 Å². The van der Waals surface area contributed by atoms with Crippen LogP contribution in [0.2, 0.25) is 0 Å². The van der Waals surface area contributed by atoms with Crippen molar-refractivity contribution in [2.75, 3.05) is 12.0 Å². The number of carbonyl (C=O) groups is 3. The number of imide groups is 1. The Morgan fingerprint density at radius 2 is 1.78 bits per heavy atom. The second-order valence-electron chi connectivity index (χ2n) is 6.23. The van der Waals surface area contributed by atoms with Crippen LogP contribution in [0.15, 0.2) is 30.3 Å². The van der Waals surface area contributed by atoms with Gasteiger partial charge in [-0.05, 0) is 30.9 Å². The van der Waals surface area contributed by atoms with Crippen molar-refractivity contribution in [2.45, 2.75) is 19.8 Å². The minimum Gasteiger partial charge on any atom is -0.277 e. The van der Waals surface area contributed by atoms with E-state index >= 15 is 0 Å². The van der Waals surface area contributed by atoms with E-state index in [0.717, 1.165) is 6.42 Å². The molecule has 1 N–H and O–H groups in total. The molecular formula is C17H20N2O4. The summed E-state index contributed by atoms with van der Waals surface area (Å²) in [5.74, 6) is -2.31. The number of benzene rings is 1. The summed E-state index contributed by atoms with van der Waals surface area (Å²) in [6, 6.07) is 8.88. The zero-order chi connectivity index (χ0) is 16.6. The number of anilines is 1. The van der Waals surface area contributed by atoms with E-state index < -0.39 is 17.8 Å². The number of hydroxylamine groups is 1. The molecular weight excluding hydrogens is 296 g/mol. The molecule has 0 radical (unpaired) electrons. The minimum atomic E-state index is -0.610. The van der Waals surface area contributed by atoms with Crippen molar-refractivity contribution in [1.29, 1.82) is 0 Å². The second-order valence-corrected chi connectivity index (χ2v) is 6.23. The summed E-state index contributed by atoms with van der Waals surface area (Å²) in [6.07, 6.45) is 1.32. The van der Waals surface area contributed by atoms with Gasteiger partial charge in [-0.2, -0.15) is 0 Å². The van der Waals surface area contributed by atoms with E-state index in [2.05, 4.69) is 5.48 Å². The normalized spacial score (nSPS) is 30.3. The first-order valence-electron chi connectivity index (χ1n) is 7.82. The molecule has 6 nitrogen and oxygen atoms in total. The quantitative estimate of drug-likeness (QED) is 0.677. The topological polar surface area (TPSA) is 75.7 Å². The van der Waals surface area contributed by atoms with Crippen LogP contribution in [0.5, 0.6) is 0 Å². The number of nitrogens with zero attached hydrogens (tertiary/aromatic N) is 1. The predicted molar refractivity (Wildman–Crippen MR) is 83.0 cm³/mol. The fourth-order valence-corrected chi connectivity index (χ4v) is 3.84. The van der Waals surface area contributed by atoms with Crippen molar-refractivity contribution >= 4 is 23.4 Å². The number of fused-ring (bicyclic) bond motifs is 1. The van der Waals surface area contributed by atoms with Crippen molar-refractivity contribution in [3.8, 4) is 0 Å². The molecule has 1 saturated heterocycles. The molecule has 0 spiro atoms. The smallest absolute Gasteiger partial charge is 0.247 e. The maximum absolute atomic E-state index is 12.9. The summed E-state index contributed by atoms with van der Waals surface area (Å²) in [5, 5.41) is 0. The third-order valence-electron chi connectivity index (χ3n) is 4.93. The van der Waals surface area contributed by atoms with E-state index in [1.54, 1.807) is 24.3 Å². The van der Waals surface area contributed by atoms with Gasteiger partial charge in [0.1, 0.15) is 0 Å². The number of nitrogens with one attached hydrogen (secondary N) is 1. The molecule has 1 saturated carbocycles. The van der Waals surface area contributed by atoms with E-state index in [4.69, 9.17) is 4.84 Å². The lowest BCUT2D eigenvalue weighted by Gasteiger charge is -2.33. The fraction of sp³-hybridized carbons (Fsp3) is 0.471. The number of rotatable bonds is 3. The Kier molecular flexibility index (Phi) is 4.17. The molecule has 1 aromatic carbocycles. The van der Waals surface area contributed by atoms with Crippen LogP contribution in [-0.4, -0.2) is 24.8 Å². The summed E-state index contributed by atoms with van der Waals surface area (Å²) in [5.41, 5.74) is 2.88. The summed E-state index contributed by atoms with van der Waals surface area (Å²) in [7, 11) is 1.36. The number of para-hydroxylation sites is 1. The molecule has 2 fully saturated rings. The molecule has 1 heterocycles. The molecule has 0 aromatic heterocycles. The van der Waals surface area contributed by atoms with Crippen molar-refractivity contribution in [2.24, 2.45) is 23.7 Å². The first-order valence-corrected chi connectivity index (χ1v) is 7.82. The van der Waals surface area contributed by atoms with Gasteiger partial charge in [0.2, 0.25) is 17.7 Å². The fourth-order valence-electron chi connectivity index (χ4n) is 3.84. The maximum Gasteiger partial charge on any atom is 0.247 e. The number of amides is 3. The van der Waals surface area contributed by atoms with Gasteiger partial charge in [0, 0.05) is 0 Å². The molecule has 0 unspecified atom stereocenters. The highest BCUT2D eigenvalue weighted by Crippen LogP contribution is 2.46. The summed E-state index contributed by atoms with van der Waals surface area (Å²) in [6.45, 7) is 1.97. The van der Waals surface area contributed by atoms with Gasteiger partial charge in [-0.3, -0.25) is 24.1 Å². The van der Waals surface area contributed by atoms with Gasteiger partial charge in [-0.15, -0.1) is 0 Å². The molecule has 1 aliphatic carbocycles. The monoisotopic (exact) mass is 316 g/mol. The largest absolute Gasteiger partial charge is 0.277 e. The zero-order valence-corrected chi connectivity index (χ0v) is 13.2. The van der Waals surface area contributed by atoms with E-state index in [0.29, 0.717) is 12.1 Å². The molecule has 1 aromatic rings. The predicted octanol–water partition coefficient (Wildman–Crippen LogP) is 1.52. The minimum absolute atomic E-state index is 0.0803. The average Bonchev–Trinajstić information content (AvgIpc) is 2.81. The molecule has 2 aliphatic rings. The van der Waals surface area contributed by atoms with Gasteiger partial charge in [-0.1, -0.05) is 25.1 Å². The highest BCUT2D eigenvalue weighted by Gasteiger charge is 2.56. The summed E-state index contributed by atoms with van der Waals surface area (Å²) < 4.78 is 0. The number of carbonyl (C=O) groups excluding carboxylic acids is 3. The number of hydrogen-bond acceptors (Lipinski definition) is 4. The molecule has 3 rings (SSSR count). The van der Waals surface area contributed by atoms with Gasteiger partial charge < -0.3 is 0 Å². The van der Waals surface area contributed by atoms with Gasteiger partial charge >= 0.3 is 0 Å². The Hall–Kier alpha value is -2.21. The molecule has 122 valence electrons. The molecule has 23 heavy (non-hydrogen) atoms. The van der Waals surface area contributed by atoms with Gasteiger partial charge in [0.15, 0.2) is 0 Å². The van der Waals surface area contributed by atoms with Gasteiger partial charge in [-0.25, -0.2) is 5.48 Å². The standard InChI is InChI=1S/C17H20N2O4/c1-10-8-9-12(15(20)18-23-2)14-13(10)16(21)19(17(14)22)11-6-4-3-5-7-11/h3-7,10,12-14H,8-9H2,1-2H3,(H,18,20)/t10-,12+,13-,14+/m0/s1. The molecule has 3 amide bonds. The Balaban J connectivity index is 1.96. The zero-order valence-electron chi connectivity index (χ0n) is 13.2. The van der Waals surface area contributed by atoms with E-state index in [-0.39, 0.29) is 23.6 Å². The number of hydrogen-bond donors (Lipinski definition) is 1. The molecule has 4 atom stereocenters. The average molecular weight is 316 g/mol. The van der Waals surface area contributed by atoms with Crippen molar-refractivity contribution in [3.05, 3.63) is 30.3 Å². The highest BCUT2D eigenvalue weighted by atomic mass is 16.6. The summed E-state index contributed by atoms with van der Waals surface area (Å²) in [4.78, 5) is 43.9. The van der Waals surface area contributed by atoms with Gasteiger partial charge in [0.05, 0.1) is 30.6 Å². The van der Waals surface area contributed by atoms with Crippen molar-refractivity contribution in [3.63, 3.8) is 0 Å². The Morgan fingerprint density at radius 3 is 2.43 bits per heavy atom. The van der Waals surface area contributed by atoms with E-state index in [9.17, 15) is 14.4 Å². The van der Waals surface area contributed by atoms with Crippen LogP contribution < -0.4 is 10.4 Å². The lowest BCUT2D eigenvalue weighted by atomic mass is 9.68. The van der Waals surface area contributed by atoms with Crippen LogP contribution in [-0.2, 0) is 19.2 Å². The van der Waals surface area contributed by atoms with Crippen molar-refractivity contribution < 1.29 is 19.2 Å². The first kappa shape index (κ1) is 15.7. The van der Waals surface area contributed by atoms with Crippen LogP contribution in [0, 0.1) is 23.7 Å². The first-order chi connectivity index (χ1) is 11.1. The Labute approximate surface area is 134 Å². The summed E-state index contributed by atoms with van der Waals surface area (Å²) >= 11 is 0. The maximum atomic E-state index is 12.9. The van der Waals surface area contributed by atoms with Crippen LogP contribution in [0.1, 0.15) is 19.8 Å².